The summed E-state index contributed by atoms with van der Waals surface area (Å²) in [6, 6.07) is 7.10. The quantitative estimate of drug-likeness (QED) is 0.327. The van der Waals surface area contributed by atoms with Gasteiger partial charge in [0.15, 0.2) is 5.96 Å². The Labute approximate surface area is 182 Å². The molecule has 0 radical (unpaired) electrons. The summed E-state index contributed by atoms with van der Waals surface area (Å²) in [5.74, 6) is 2.58. The summed E-state index contributed by atoms with van der Waals surface area (Å²) in [5, 5.41) is 7.04. The number of rotatable bonds is 11. The molecule has 1 atom stereocenters. The molecule has 1 saturated heterocycles. The maximum Gasteiger partial charge on any atom is 0.191 e. The highest BCUT2D eigenvalue weighted by molar-refractivity contribution is 5.79. The summed E-state index contributed by atoms with van der Waals surface area (Å²) in [5.41, 5.74) is 1.21. The number of methoxy groups -OCH3 is 2. The number of nitrogens with zero attached hydrogens (tertiary/aromatic N) is 3. The van der Waals surface area contributed by atoms with Gasteiger partial charge in [-0.15, -0.1) is 0 Å². The van der Waals surface area contributed by atoms with Crippen LogP contribution in [0.4, 0.5) is 0 Å². The highest BCUT2D eigenvalue weighted by atomic mass is 16.5. The molecule has 1 fully saturated rings. The van der Waals surface area contributed by atoms with Crippen LogP contribution in [-0.4, -0.2) is 82.3 Å². The fourth-order valence-corrected chi connectivity index (χ4v) is 3.65. The molecular formula is C23H41N5O2. The molecule has 1 aromatic carbocycles. The Morgan fingerprint density at radius 1 is 1.20 bits per heavy atom. The van der Waals surface area contributed by atoms with Crippen molar-refractivity contribution in [2.45, 2.75) is 51.7 Å². The number of hydrogen-bond acceptors (Lipinski definition) is 5. The number of hydrogen-bond donors (Lipinski definition) is 2. The van der Waals surface area contributed by atoms with Gasteiger partial charge in [-0.1, -0.05) is 0 Å². The molecular weight excluding hydrogens is 378 g/mol. The predicted octanol–water partition coefficient (Wildman–Crippen LogP) is 2.56. The van der Waals surface area contributed by atoms with Crippen LogP contribution in [0.1, 0.15) is 38.7 Å². The van der Waals surface area contributed by atoms with Crippen molar-refractivity contribution in [3.63, 3.8) is 0 Å². The largest absolute Gasteiger partial charge is 0.497 e. The summed E-state index contributed by atoms with van der Waals surface area (Å²) < 4.78 is 10.8. The number of unbranched alkanes of at least 4 members (excludes halogenated alkanes) is 1. The second kappa shape index (κ2) is 12.6. The highest BCUT2D eigenvalue weighted by Gasteiger charge is 2.23. The van der Waals surface area contributed by atoms with Crippen molar-refractivity contribution in [2.24, 2.45) is 4.99 Å². The molecule has 1 heterocycles. The minimum Gasteiger partial charge on any atom is -0.497 e. The molecule has 1 aliphatic heterocycles. The first-order valence-corrected chi connectivity index (χ1v) is 11.1. The molecule has 2 rings (SSSR count). The second-order valence-corrected chi connectivity index (χ2v) is 8.37. The van der Waals surface area contributed by atoms with Gasteiger partial charge >= 0.3 is 0 Å². The number of aliphatic imine (C=N–C) groups is 1. The van der Waals surface area contributed by atoms with Crippen LogP contribution < -0.4 is 20.1 Å². The van der Waals surface area contributed by atoms with Crippen molar-refractivity contribution in [3.8, 4) is 11.5 Å². The molecule has 1 unspecified atom stereocenters. The van der Waals surface area contributed by atoms with Gasteiger partial charge in [0.05, 0.1) is 14.2 Å². The van der Waals surface area contributed by atoms with E-state index in [4.69, 9.17) is 9.47 Å². The maximum absolute atomic E-state index is 5.39. The third-order valence-corrected chi connectivity index (χ3v) is 5.77. The van der Waals surface area contributed by atoms with Gasteiger partial charge in [-0.05, 0) is 64.4 Å². The smallest absolute Gasteiger partial charge is 0.191 e. The Balaban J connectivity index is 1.73. The fourth-order valence-electron chi connectivity index (χ4n) is 3.65. The molecule has 1 aromatic rings. The van der Waals surface area contributed by atoms with Gasteiger partial charge in [-0.3, -0.25) is 9.89 Å². The zero-order valence-corrected chi connectivity index (χ0v) is 19.7. The minimum absolute atomic E-state index is 0.413. The SMILES string of the molecule is CN=C(NCCCCN(C)C(C)C)NC1CCN(Cc2cc(OC)cc(OC)c2)C1. The van der Waals surface area contributed by atoms with E-state index in [0.717, 1.165) is 63.0 Å². The molecule has 0 aliphatic carbocycles. The third-order valence-electron chi connectivity index (χ3n) is 5.77. The zero-order valence-electron chi connectivity index (χ0n) is 19.7. The van der Waals surface area contributed by atoms with Gasteiger partial charge in [0, 0.05) is 51.4 Å². The van der Waals surface area contributed by atoms with Crippen molar-refractivity contribution in [2.75, 3.05) is 54.5 Å². The number of nitrogens with one attached hydrogen (secondary N) is 2. The summed E-state index contributed by atoms with van der Waals surface area (Å²) in [4.78, 5) is 9.25. The van der Waals surface area contributed by atoms with E-state index >= 15 is 0 Å². The Morgan fingerprint density at radius 3 is 2.50 bits per heavy atom. The Hall–Kier alpha value is -1.99. The topological polar surface area (TPSA) is 61.4 Å². The van der Waals surface area contributed by atoms with Crippen LogP contribution in [0.25, 0.3) is 0 Å². The van der Waals surface area contributed by atoms with Gasteiger partial charge in [0.2, 0.25) is 0 Å². The number of ether oxygens (including phenoxy) is 2. The number of guanidine groups is 1. The average molecular weight is 420 g/mol. The lowest BCUT2D eigenvalue weighted by Gasteiger charge is -2.21. The average Bonchev–Trinajstić information content (AvgIpc) is 3.18. The maximum atomic E-state index is 5.39. The molecule has 170 valence electrons. The standard InChI is InChI=1S/C23H41N5O2/c1-18(2)27(4)11-8-7-10-25-23(24-3)26-20-9-12-28(17-20)16-19-13-21(29-5)15-22(14-19)30-6/h13-15,18,20H,7-12,16-17H2,1-6H3,(H2,24,25,26). The molecule has 7 nitrogen and oxygen atoms in total. The monoisotopic (exact) mass is 419 g/mol. The van der Waals surface area contributed by atoms with Crippen molar-refractivity contribution in [3.05, 3.63) is 23.8 Å². The van der Waals surface area contributed by atoms with Crippen LogP contribution in [0.5, 0.6) is 11.5 Å². The van der Waals surface area contributed by atoms with Crippen LogP contribution in [0.15, 0.2) is 23.2 Å². The van der Waals surface area contributed by atoms with Crippen molar-refractivity contribution in [1.82, 2.24) is 20.4 Å². The van der Waals surface area contributed by atoms with E-state index in [0.29, 0.717) is 12.1 Å². The molecule has 7 heteroatoms. The molecule has 0 amide bonds. The van der Waals surface area contributed by atoms with E-state index in [1.54, 1.807) is 14.2 Å². The van der Waals surface area contributed by atoms with E-state index in [1.165, 1.54) is 12.0 Å². The van der Waals surface area contributed by atoms with Crippen LogP contribution in [0.2, 0.25) is 0 Å². The van der Waals surface area contributed by atoms with Gasteiger partial charge in [0.25, 0.3) is 0 Å². The Kier molecular flexibility index (Phi) is 10.2. The predicted molar refractivity (Wildman–Crippen MR) is 125 cm³/mol. The molecule has 1 aliphatic rings. The van der Waals surface area contributed by atoms with Crippen molar-refractivity contribution >= 4 is 5.96 Å². The first kappa shape index (κ1) is 24.3. The lowest BCUT2D eigenvalue weighted by molar-refractivity contribution is 0.268. The lowest BCUT2D eigenvalue weighted by Crippen LogP contribution is -2.44. The number of likely N-dealkylation sites (tertiary alicyclic amines) is 1. The minimum atomic E-state index is 0.413. The van der Waals surface area contributed by atoms with Crippen LogP contribution >= 0.6 is 0 Å². The normalized spacial score (nSPS) is 17.6. The van der Waals surface area contributed by atoms with E-state index in [-0.39, 0.29) is 0 Å². The first-order chi connectivity index (χ1) is 14.4. The van der Waals surface area contributed by atoms with Crippen LogP contribution in [0.3, 0.4) is 0 Å². The lowest BCUT2D eigenvalue weighted by atomic mass is 10.2. The van der Waals surface area contributed by atoms with E-state index < -0.39 is 0 Å². The number of benzene rings is 1. The molecule has 0 bridgehead atoms. The van der Waals surface area contributed by atoms with Crippen molar-refractivity contribution < 1.29 is 9.47 Å². The highest BCUT2D eigenvalue weighted by Crippen LogP contribution is 2.24. The van der Waals surface area contributed by atoms with Gasteiger partial charge < -0.3 is 25.0 Å². The Bertz CT molecular complexity index is 643. The Morgan fingerprint density at radius 2 is 1.90 bits per heavy atom. The zero-order chi connectivity index (χ0) is 21.9. The molecule has 0 saturated carbocycles. The first-order valence-electron chi connectivity index (χ1n) is 11.1. The van der Waals surface area contributed by atoms with E-state index in [2.05, 4.69) is 58.5 Å². The van der Waals surface area contributed by atoms with Gasteiger partial charge in [-0.2, -0.15) is 0 Å². The van der Waals surface area contributed by atoms with Crippen LogP contribution in [0, 0.1) is 0 Å². The van der Waals surface area contributed by atoms with Gasteiger partial charge in [0.1, 0.15) is 11.5 Å². The third kappa shape index (κ3) is 8.03. The molecule has 2 N–H and O–H groups in total. The summed E-state index contributed by atoms with van der Waals surface area (Å²) in [6.07, 6.45) is 3.45. The molecule has 30 heavy (non-hydrogen) atoms. The molecule has 0 spiro atoms. The van der Waals surface area contributed by atoms with Crippen LogP contribution in [-0.2, 0) is 6.54 Å². The fraction of sp³-hybridized carbons (Fsp3) is 0.696. The summed E-state index contributed by atoms with van der Waals surface area (Å²) in [7, 11) is 7.41. The summed E-state index contributed by atoms with van der Waals surface area (Å²) >= 11 is 0. The van der Waals surface area contributed by atoms with E-state index in [9.17, 15) is 0 Å². The molecule has 0 aromatic heterocycles. The summed E-state index contributed by atoms with van der Waals surface area (Å²) in [6.45, 7) is 9.51. The van der Waals surface area contributed by atoms with E-state index in [1.807, 2.05) is 13.1 Å². The second-order valence-electron chi connectivity index (χ2n) is 8.37. The van der Waals surface area contributed by atoms with Gasteiger partial charge in [-0.25, -0.2) is 0 Å². The van der Waals surface area contributed by atoms with Crippen molar-refractivity contribution in [1.29, 1.82) is 0 Å².